The predicted molar refractivity (Wildman–Crippen MR) is 106 cm³/mol. The molecule has 0 spiro atoms. The highest BCUT2D eigenvalue weighted by Gasteiger charge is 2.09. The van der Waals surface area contributed by atoms with Crippen molar-refractivity contribution in [3.05, 3.63) is 82.3 Å². The molecule has 3 rings (SSSR count). The second kappa shape index (κ2) is 8.64. The number of amides is 1. The third-order valence-corrected chi connectivity index (χ3v) is 4.41. The van der Waals surface area contributed by atoms with Crippen LogP contribution in [-0.2, 0) is 17.6 Å². The molecule has 0 aliphatic heterocycles. The third-order valence-electron chi connectivity index (χ3n) is 4.17. The summed E-state index contributed by atoms with van der Waals surface area (Å²) in [5, 5.41) is 3.52. The molecule has 0 saturated carbocycles. The second-order valence-corrected chi connectivity index (χ2v) is 6.66. The monoisotopic (exact) mass is 381 g/mol. The Bertz CT molecular complexity index is 960. The lowest BCUT2D eigenvalue weighted by Crippen LogP contribution is -2.16. The maximum Gasteiger partial charge on any atom is 0.229 e. The van der Waals surface area contributed by atoms with E-state index in [1.54, 1.807) is 13.2 Å². The minimum atomic E-state index is -0.140. The number of methoxy groups -OCH3 is 1. The molecule has 138 valence electrons. The van der Waals surface area contributed by atoms with Crippen molar-refractivity contribution in [2.45, 2.75) is 19.8 Å². The summed E-state index contributed by atoms with van der Waals surface area (Å²) in [6.07, 6.45) is 2.31. The average Bonchev–Trinajstić information content (AvgIpc) is 2.64. The van der Waals surface area contributed by atoms with Crippen LogP contribution in [0.15, 0.2) is 54.9 Å². The number of aryl methyl sites for hydroxylation is 1. The minimum Gasteiger partial charge on any atom is -0.497 e. The normalized spacial score (nSPS) is 10.5. The molecule has 2 aromatic carbocycles. The van der Waals surface area contributed by atoms with Gasteiger partial charge in [-0.25, -0.2) is 9.97 Å². The van der Waals surface area contributed by atoms with Gasteiger partial charge >= 0.3 is 0 Å². The number of carbonyl (C=O) groups excluding carboxylic acids is 1. The van der Waals surface area contributed by atoms with E-state index in [1.165, 1.54) is 6.33 Å². The molecule has 1 amide bonds. The van der Waals surface area contributed by atoms with E-state index in [-0.39, 0.29) is 12.3 Å². The Hall–Kier alpha value is -2.92. The summed E-state index contributed by atoms with van der Waals surface area (Å²) >= 11 is 6.02. The van der Waals surface area contributed by atoms with E-state index in [0.717, 1.165) is 28.1 Å². The summed E-state index contributed by atoms with van der Waals surface area (Å²) in [5.74, 6) is 1.07. The van der Waals surface area contributed by atoms with Gasteiger partial charge in [0.1, 0.15) is 17.9 Å². The van der Waals surface area contributed by atoms with Crippen LogP contribution in [0, 0.1) is 6.92 Å². The van der Waals surface area contributed by atoms with Crippen LogP contribution >= 0.6 is 11.6 Å². The second-order valence-electron chi connectivity index (χ2n) is 6.22. The molecule has 0 bridgehead atoms. The molecule has 0 atom stereocenters. The van der Waals surface area contributed by atoms with Crippen molar-refractivity contribution < 1.29 is 9.53 Å². The molecule has 0 unspecified atom stereocenters. The van der Waals surface area contributed by atoms with Crippen molar-refractivity contribution in [2.24, 2.45) is 0 Å². The number of aromatic nitrogens is 2. The van der Waals surface area contributed by atoms with Crippen LogP contribution < -0.4 is 10.1 Å². The smallest absolute Gasteiger partial charge is 0.229 e. The zero-order chi connectivity index (χ0) is 19.2. The molecule has 0 fully saturated rings. The summed E-state index contributed by atoms with van der Waals surface area (Å²) in [6.45, 7) is 1.97. The predicted octanol–water partition coefficient (Wildman–Crippen LogP) is 4.22. The molecule has 1 aromatic heterocycles. The van der Waals surface area contributed by atoms with Gasteiger partial charge in [0.2, 0.25) is 5.91 Å². The number of benzene rings is 2. The number of nitrogens with zero attached hydrogens (tertiary/aromatic N) is 2. The van der Waals surface area contributed by atoms with Crippen molar-refractivity contribution in [3.63, 3.8) is 0 Å². The number of carbonyl (C=O) groups is 1. The van der Waals surface area contributed by atoms with E-state index in [2.05, 4.69) is 15.3 Å². The fraction of sp³-hybridized carbons (Fsp3) is 0.190. The summed E-state index contributed by atoms with van der Waals surface area (Å²) in [5.41, 5.74) is 3.81. The lowest BCUT2D eigenvalue weighted by Gasteiger charge is -2.09. The molecular formula is C21H20ClN3O2. The number of halogens is 1. The highest BCUT2D eigenvalue weighted by Crippen LogP contribution is 2.18. The average molecular weight is 382 g/mol. The van der Waals surface area contributed by atoms with Crippen LogP contribution in [0.4, 0.5) is 5.82 Å². The third kappa shape index (κ3) is 5.28. The Morgan fingerprint density at radius 2 is 2.00 bits per heavy atom. The van der Waals surface area contributed by atoms with Crippen LogP contribution in [0.25, 0.3) is 0 Å². The highest BCUT2D eigenvalue weighted by atomic mass is 35.5. The summed E-state index contributed by atoms with van der Waals surface area (Å²) in [7, 11) is 1.61. The first-order valence-corrected chi connectivity index (χ1v) is 8.90. The molecule has 0 saturated heterocycles. The number of hydrogen-bond donors (Lipinski definition) is 1. The lowest BCUT2D eigenvalue weighted by atomic mass is 10.0. The van der Waals surface area contributed by atoms with Gasteiger partial charge in [-0.15, -0.1) is 0 Å². The maximum atomic E-state index is 12.4. The Balaban J connectivity index is 1.68. The van der Waals surface area contributed by atoms with Gasteiger partial charge in [-0.1, -0.05) is 29.8 Å². The van der Waals surface area contributed by atoms with Crippen LogP contribution in [-0.4, -0.2) is 23.0 Å². The summed E-state index contributed by atoms with van der Waals surface area (Å²) in [4.78, 5) is 20.8. The molecule has 0 aliphatic rings. The van der Waals surface area contributed by atoms with Gasteiger partial charge in [0.25, 0.3) is 0 Å². The molecule has 6 heteroatoms. The number of rotatable bonds is 6. The summed E-state index contributed by atoms with van der Waals surface area (Å²) < 4.78 is 5.23. The van der Waals surface area contributed by atoms with Crippen LogP contribution in [0.3, 0.4) is 0 Å². The fourth-order valence-electron chi connectivity index (χ4n) is 2.74. The number of anilines is 1. The number of hydrogen-bond acceptors (Lipinski definition) is 4. The topological polar surface area (TPSA) is 64.1 Å². The van der Waals surface area contributed by atoms with Gasteiger partial charge in [-0.05, 0) is 47.9 Å². The quantitative estimate of drug-likeness (QED) is 0.694. The van der Waals surface area contributed by atoms with Gasteiger partial charge in [-0.3, -0.25) is 4.79 Å². The first-order chi connectivity index (χ1) is 13.0. The van der Waals surface area contributed by atoms with Gasteiger partial charge < -0.3 is 10.1 Å². The lowest BCUT2D eigenvalue weighted by molar-refractivity contribution is -0.115. The molecule has 1 heterocycles. The fourth-order valence-corrected chi connectivity index (χ4v) is 2.96. The van der Waals surface area contributed by atoms with Crippen LogP contribution in [0.1, 0.15) is 22.4 Å². The van der Waals surface area contributed by atoms with E-state index in [9.17, 15) is 4.79 Å². The Morgan fingerprint density at radius 1 is 1.15 bits per heavy atom. The van der Waals surface area contributed by atoms with Gasteiger partial charge in [-0.2, -0.15) is 0 Å². The molecule has 0 aliphatic carbocycles. The zero-order valence-electron chi connectivity index (χ0n) is 15.2. The molecule has 1 N–H and O–H groups in total. The number of nitrogens with one attached hydrogen (secondary N) is 1. The van der Waals surface area contributed by atoms with Crippen molar-refractivity contribution in [1.82, 2.24) is 9.97 Å². The van der Waals surface area contributed by atoms with Crippen LogP contribution in [0.2, 0.25) is 5.02 Å². The van der Waals surface area contributed by atoms with Gasteiger partial charge in [0, 0.05) is 17.5 Å². The standard InChI is InChI=1S/C21H20ClN3O2/c1-14-6-7-19(27-2)10-16(14)11-21(26)25-20-12-18(23-13-24-20)9-15-4-3-5-17(22)8-15/h3-8,10,12-13H,9,11H2,1-2H3,(H,23,24,25,26). The van der Waals surface area contributed by atoms with E-state index in [0.29, 0.717) is 17.3 Å². The molecule has 27 heavy (non-hydrogen) atoms. The van der Waals surface area contributed by atoms with Crippen molar-refractivity contribution in [2.75, 3.05) is 12.4 Å². The van der Waals surface area contributed by atoms with Crippen LogP contribution in [0.5, 0.6) is 5.75 Å². The Labute approximate surface area is 163 Å². The van der Waals surface area contributed by atoms with Crippen molar-refractivity contribution in [1.29, 1.82) is 0 Å². The van der Waals surface area contributed by atoms with Crippen molar-refractivity contribution >= 4 is 23.3 Å². The first kappa shape index (κ1) is 18.9. The van der Waals surface area contributed by atoms with E-state index in [1.807, 2.05) is 49.4 Å². The molecule has 3 aromatic rings. The van der Waals surface area contributed by atoms with E-state index >= 15 is 0 Å². The van der Waals surface area contributed by atoms with Crippen molar-refractivity contribution in [3.8, 4) is 5.75 Å². The Morgan fingerprint density at radius 3 is 2.78 bits per heavy atom. The van der Waals surface area contributed by atoms with E-state index in [4.69, 9.17) is 16.3 Å². The minimum absolute atomic E-state index is 0.140. The zero-order valence-corrected chi connectivity index (χ0v) is 16.0. The molecular weight excluding hydrogens is 362 g/mol. The van der Waals surface area contributed by atoms with Gasteiger partial charge in [0.05, 0.1) is 19.2 Å². The first-order valence-electron chi connectivity index (χ1n) is 8.52. The Kier molecular flexibility index (Phi) is 6.04. The molecule has 5 nitrogen and oxygen atoms in total. The number of ether oxygens (including phenoxy) is 1. The highest BCUT2D eigenvalue weighted by molar-refractivity contribution is 6.30. The summed E-state index contributed by atoms with van der Waals surface area (Å²) in [6, 6.07) is 15.1. The maximum absolute atomic E-state index is 12.4. The van der Waals surface area contributed by atoms with E-state index < -0.39 is 0 Å². The molecule has 0 radical (unpaired) electrons. The SMILES string of the molecule is COc1ccc(C)c(CC(=O)Nc2cc(Cc3cccc(Cl)c3)ncn2)c1. The van der Waals surface area contributed by atoms with Gasteiger partial charge in [0.15, 0.2) is 0 Å². The largest absolute Gasteiger partial charge is 0.497 e.